The Bertz CT molecular complexity index is 1110. The summed E-state index contributed by atoms with van der Waals surface area (Å²) in [5.74, 6) is -0.151. The molecule has 210 valence electrons. The predicted molar refractivity (Wildman–Crippen MR) is 145 cm³/mol. The van der Waals surface area contributed by atoms with Crippen LogP contribution in [0.2, 0.25) is 0 Å². The zero-order valence-corrected chi connectivity index (χ0v) is 23.9. The third kappa shape index (κ3) is 8.23. The molecule has 9 nitrogen and oxygen atoms in total. The van der Waals surface area contributed by atoms with Gasteiger partial charge in [0.25, 0.3) is 5.91 Å². The predicted octanol–water partition coefficient (Wildman–Crippen LogP) is 4.48. The zero-order valence-electron chi connectivity index (χ0n) is 23.1. The number of amides is 1. The smallest absolute Gasteiger partial charge is 0.262 e. The van der Waals surface area contributed by atoms with Gasteiger partial charge in [0.1, 0.15) is 11.8 Å². The highest BCUT2D eigenvalue weighted by Gasteiger charge is 2.43. The highest BCUT2D eigenvalue weighted by atomic mass is 32.2. The van der Waals surface area contributed by atoms with E-state index < -0.39 is 27.6 Å². The third-order valence-electron chi connectivity index (χ3n) is 6.51. The maximum atomic E-state index is 14.2. The summed E-state index contributed by atoms with van der Waals surface area (Å²) in [5, 5.41) is 0. The van der Waals surface area contributed by atoms with Crippen LogP contribution in [0, 0.1) is 5.92 Å². The normalized spacial score (nSPS) is 19.2. The molecule has 1 amide bonds. The molecule has 0 spiro atoms. The van der Waals surface area contributed by atoms with Gasteiger partial charge in [-0.2, -0.15) is 4.31 Å². The first-order valence-electron chi connectivity index (χ1n) is 13.2. The fraction of sp³-hybridized carbons (Fsp3) is 0.571. The molecule has 10 heteroatoms. The number of aromatic nitrogens is 1. The molecular weight excluding hydrogens is 506 g/mol. The van der Waals surface area contributed by atoms with Crippen LogP contribution in [0.4, 0.5) is 0 Å². The molecule has 1 heterocycles. The van der Waals surface area contributed by atoms with Crippen LogP contribution in [0.15, 0.2) is 53.7 Å². The number of nitrogens with one attached hydrogen (secondary N) is 1. The van der Waals surface area contributed by atoms with Gasteiger partial charge >= 0.3 is 0 Å². The summed E-state index contributed by atoms with van der Waals surface area (Å²) >= 11 is 0. The van der Waals surface area contributed by atoms with E-state index in [1.807, 2.05) is 20.8 Å². The van der Waals surface area contributed by atoms with E-state index in [4.69, 9.17) is 14.3 Å². The summed E-state index contributed by atoms with van der Waals surface area (Å²) in [4.78, 5) is 23.5. The first kappa shape index (κ1) is 30.0. The van der Waals surface area contributed by atoms with E-state index >= 15 is 0 Å². The van der Waals surface area contributed by atoms with Crippen LogP contribution >= 0.6 is 0 Å². The number of hydroxylamine groups is 1. The molecule has 38 heavy (non-hydrogen) atoms. The lowest BCUT2D eigenvalue weighted by Gasteiger charge is -2.39. The summed E-state index contributed by atoms with van der Waals surface area (Å²) in [6.45, 7) is 8.24. The second kappa shape index (κ2) is 13.5. The highest BCUT2D eigenvalue weighted by molar-refractivity contribution is 7.89. The standard InChI is InChI=1S/C28H41N3O6S/c1-6-19-36-24-9-7-22(8-10-24)26(27(32)30-37-28(2,3)4)31(20-21-15-17-29-18-16-21)38(33,34)25-13-11-23(35-5)12-14-25/h11-18,22,24,26H,6-10,19-20H2,1-5H3,(H,30,32)/t22-,24-,26-/m1/s1. The van der Waals surface area contributed by atoms with Crippen LogP contribution in [0.5, 0.6) is 5.75 Å². The molecule has 1 N–H and O–H groups in total. The SMILES string of the molecule is CCCO[C@H]1CC[C@H]([C@H](C(=O)NOC(C)(C)C)N(Cc2ccncc2)S(=O)(=O)c2ccc(OC)cc2)CC1. The van der Waals surface area contributed by atoms with Gasteiger partial charge in [-0.05, 0) is 101 Å². The van der Waals surface area contributed by atoms with Crippen molar-refractivity contribution in [1.29, 1.82) is 0 Å². The molecule has 3 rings (SSSR count). The number of hydrogen-bond donors (Lipinski definition) is 1. The van der Waals surface area contributed by atoms with E-state index in [-0.39, 0.29) is 23.5 Å². The molecule has 1 aliphatic carbocycles. The Labute approximate surface area is 226 Å². The van der Waals surface area contributed by atoms with Crippen molar-refractivity contribution in [1.82, 2.24) is 14.8 Å². The van der Waals surface area contributed by atoms with Crippen molar-refractivity contribution in [3.63, 3.8) is 0 Å². The molecular formula is C28H41N3O6S. The molecule has 0 unspecified atom stereocenters. The average molecular weight is 548 g/mol. The van der Waals surface area contributed by atoms with Crippen molar-refractivity contribution in [2.45, 2.75) is 89.0 Å². The van der Waals surface area contributed by atoms with Crippen molar-refractivity contribution < 1.29 is 27.5 Å². The molecule has 1 saturated carbocycles. The largest absolute Gasteiger partial charge is 0.497 e. The van der Waals surface area contributed by atoms with Crippen LogP contribution in [0.3, 0.4) is 0 Å². The molecule has 1 aliphatic rings. The first-order valence-corrected chi connectivity index (χ1v) is 14.6. The van der Waals surface area contributed by atoms with Crippen molar-refractivity contribution in [3.05, 3.63) is 54.4 Å². The monoisotopic (exact) mass is 547 g/mol. The Morgan fingerprint density at radius 3 is 2.26 bits per heavy atom. The summed E-state index contributed by atoms with van der Waals surface area (Å²) in [7, 11) is -2.57. The molecule has 1 aromatic carbocycles. The van der Waals surface area contributed by atoms with E-state index in [0.717, 1.165) is 24.8 Å². The number of ether oxygens (including phenoxy) is 2. The van der Waals surface area contributed by atoms with Crippen molar-refractivity contribution in [2.75, 3.05) is 13.7 Å². The van der Waals surface area contributed by atoms with Gasteiger partial charge in [-0.1, -0.05) is 6.92 Å². The van der Waals surface area contributed by atoms with Crippen LogP contribution in [-0.4, -0.2) is 55.1 Å². The number of hydrogen-bond acceptors (Lipinski definition) is 7. The van der Waals surface area contributed by atoms with Gasteiger partial charge in [0.05, 0.1) is 23.7 Å². The van der Waals surface area contributed by atoms with E-state index in [1.54, 1.807) is 36.7 Å². The lowest BCUT2D eigenvalue weighted by atomic mass is 9.82. The Morgan fingerprint density at radius 1 is 1.08 bits per heavy atom. The van der Waals surface area contributed by atoms with Gasteiger partial charge in [-0.15, -0.1) is 0 Å². The van der Waals surface area contributed by atoms with E-state index in [0.29, 0.717) is 25.2 Å². The van der Waals surface area contributed by atoms with Gasteiger partial charge in [-0.3, -0.25) is 14.6 Å². The number of carbonyl (C=O) groups is 1. The van der Waals surface area contributed by atoms with Crippen LogP contribution in [0.25, 0.3) is 0 Å². The fourth-order valence-corrected chi connectivity index (χ4v) is 6.22. The molecule has 0 radical (unpaired) electrons. The summed E-state index contributed by atoms with van der Waals surface area (Å²) in [6, 6.07) is 8.74. The Hall–Kier alpha value is -2.53. The van der Waals surface area contributed by atoms with Gasteiger partial charge in [0, 0.05) is 25.5 Å². The van der Waals surface area contributed by atoms with Gasteiger partial charge in [-0.25, -0.2) is 13.9 Å². The van der Waals surface area contributed by atoms with Gasteiger partial charge in [0.2, 0.25) is 10.0 Å². The van der Waals surface area contributed by atoms with Crippen LogP contribution in [-0.2, 0) is 30.9 Å². The second-order valence-electron chi connectivity index (χ2n) is 10.6. The van der Waals surface area contributed by atoms with Gasteiger partial charge < -0.3 is 9.47 Å². The van der Waals surface area contributed by atoms with Crippen molar-refractivity contribution in [3.8, 4) is 5.75 Å². The Kier molecular flexibility index (Phi) is 10.7. The number of pyridine rings is 1. The summed E-state index contributed by atoms with van der Waals surface area (Å²) in [5.41, 5.74) is 2.65. The topological polar surface area (TPSA) is 107 Å². The Morgan fingerprint density at radius 2 is 1.71 bits per heavy atom. The maximum Gasteiger partial charge on any atom is 0.262 e. The molecule has 0 bridgehead atoms. The quantitative estimate of drug-likeness (QED) is 0.391. The first-order chi connectivity index (χ1) is 18.0. The maximum absolute atomic E-state index is 14.2. The van der Waals surface area contributed by atoms with E-state index in [1.165, 1.54) is 23.5 Å². The Balaban J connectivity index is 2.01. The van der Waals surface area contributed by atoms with Crippen LogP contribution in [0.1, 0.15) is 65.4 Å². The molecule has 0 saturated heterocycles. The summed E-state index contributed by atoms with van der Waals surface area (Å²) in [6.07, 6.45) is 7.13. The highest BCUT2D eigenvalue weighted by Crippen LogP contribution is 2.35. The average Bonchev–Trinajstić information content (AvgIpc) is 2.91. The number of benzene rings is 1. The minimum Gasteiger partial charge on any atom is -0.497 e. The van der Waals surface area contributed by atoms with E-state index in [2.05, 4.69) is 17.4 Å². The summed E-state index contributed by atoms with van der Waals surface area (Å²) < 4.78 is 40.8. The van der Waals surface area contributed by atoms with Crippen molar-refractivity contribution >= 4 is 15.9 Å². The molecule has 0 aliphatic heterocycles. The fourth-order valence-electron chi connectivity index (χ4n) is 4.58. The number of methoxy groups -OCH3 is 1. The minimum absolute atomic E-state index is 0.0107. The van der Waals surface area contributed by atoms with Crippen LogP contribution < -0.4 is 10.2 Å². The third-order valence-corrected chi connectivity index (χ3v) is 8.36. The lowest BCUT2D eigenvalue weighted by molar-refractivity contribution is -0.152. The number of rotatable bonds is 12. The van der Waals surface area contributed by atoms with Crippen molar-refractivity contribution in [2.24, 2.45) is 5.92 Å². The number of carbonyl (C=O) groups excluding carboxylic acids is 1. The molecule has 1 atom stereocenters. The number of sulfonamides is 1. The molecule has 1 aromatic heterocycles. The lowest BCUT2D eigenvalue weighted by Crippen LogP contribution is -2.54. The number of nitrogens with zero attached hydrogens (tertiary/aromatic N) is 2. The minimum atomic E-state index is -4.09. The molecule has 2 aromatic rings. The van der Waals surface area contributed by atoms with E-state index in [9.17, 15) is 13.2 Å². The second-order valence-corrected chi connectivity index (χ2v) is 12.5. The zero-order chi connectivity index (χ0) is 27.8. The molecule has 1 fully saturated rings. The van der Waals surface area contributed by atoms with Gasteiger partial charge in [0.15, 0.2) is 0 Å².